The van der Waals surface area contributed by atoms with Gasteiger partial charge in [-0.2, -0.15) is 0 Å². The molecule has 6 nitrogen and oxygen atoms in total. The first-order valence-corrected chi connectivity index (χ1v) is 29.4. The molecule has 0 aromatic heterocycles. The number of aliphatic imine (C=N–C) groups is 2. The zero-order valence-electron chi connectivity index (χ0n) is 46.0. The Bertz CT molecular complexity index is 3290. The van der Waals surface area contributed by atoms with Crippen molar-refractivity contribution < 1.29 is 15.2 Å². The number of nitrogens with one attached hydrogen (secondary N) is 1. The number of quaternary nitrogens is 1. The fourth-order valence-corrected chi connectivity index (χ4v) is 16.6. The van der Waals surface area contributed by atoms with Gasteiger partial charge in [0.25, 0.3) is 0 Å². The van der Waals surface area contributed by atoms with E-state index < -0.39 is 0 Å². The summed E-state index contributed by atoms with van der Waals surface area (Å²) in [7, 11) is 0. The van der Waals surface area contributed by atoms with E-state index in [1.165, 1.54) is 153 Å². The Balaban J connectivity index is 0.860. The molecule has 13 rings (SSSR count). The van der Waals surface area contributed by atoms with Crippen molar-refractivity contribution in [3.8, 4) is 22.3 Å². The number of anilines is 1. The molecule has 5 aliphatic carbocycles. The summed E-state index contributed by atoms with van der Waals surface area (Å²) in [4.78, 5) is 26.0. The Morgan fingerprint density at radius 2 is 0.986 bits per heavy atom. The predicted molar refractivity (Wildman–Crippen MR) is 303 cm³/mol. The van der Waals surface area contributed by atoms with Gasteiger partial charge in [0.15, 0.2) is 5.78 Å². The topological polar surface area (TPSA) is 93.5 Å². The molecular weight excluding hydrogens is 905 g/mol. The number of hydrogen-bond donors (Lipinski definition) is 2. The number of nitrogens with two attached hydrogens (primary N) is 1. The first-order chi connectivity index (χ1) is 35.6. The van der Waals surface area contributed by atoms with E-state index in [0.29, 0.717) is 11.1 Å². The molecule has 4 aliphatic heterocycles. The summed E-state index contributed by atoms with van der Waals surface area (Å²) in [5, 5.41) is 21.7. The number of Topliss-reactive ketones (excluding diaryl/α,β-unsaturated/α-hetero) is 1. The first kappa shape index (κ1) is 48.3. The zero-order valence-corrected chi connectivity index (χ0v) is 46.0. The van der Waals surface area contributed by atoms with Gasteiger partial charge in [-0.3, -0.25) is 14.8 Å². The van der Waals surface area contributed by atoms with Crippen molar-refractivity contribution in [1.82, 2.24) is 0 Å². The third-order valence-corrected chi connectivity index (χ3v) is 21.1. The average Bonchev–Trinajstić information content (AvgIpc) is 4.03. The molecule has 3 saturated carbocycles. The number of hydrogen-bond acceptors (Lipinski definition) is 5. The van der Waals surface area contributed by atoms with E-state index in [9.17, 15) is 0 Å². The van der Waals surface area contributed by atoms with Gasteiger partial charge in [0.2, 0.25) is 0 Å². The molecule has 384 valence electrons. The van der Waals surface area contributed by atoms with E-state index in [1.54, 1.807) is 0 Å². The number of rotatable bonds is 3. The van der Waals surface area contributed by atoms with Gasteiger partial charge in [-0.15, -0.1) is 0 Å². The van der Waals surface area contributed by atoms with Crippen LogP contribution >= 0.6 is 0 Å². The van der Waals surface area contributed by atoms with Crippen LogP contribution in [0.3, 0.4) is 0 Å². The number of carbonyl (C=O) groups excluding carboxylic acids is 1. The van der Waals surface area contributed by atoms with E-state index >= 15 is 9.90 Å². The molecule has 0 radical (unpaired) electrons. The number of benzene rings is 4. The lowest BCUT2D eigenvalue weighted by Gasteiger charge is -2.40. The number of fused-ring (bicyclic) bond motifs is 12. The molecule has 3 fully saturated rings. The molecule has 74 heavy (non-hydrogen) atoms. The Kier molecular flexibility index (Phi) is 11.5. The molecule has 4 aromatic rings. The SMILES string of the molecule is Cc1cc(-c2cc(C)c3c(c2)C2(C)CCCCC/C(C4=C([O-])/C(=C5/CCCCCC6(C)c7cc(-c8cc(C)c9c(c8)C8(C)CCCCCCC8=N9)cc(C)c7[NH2+]C56)C4=O)=C\2N3)cc2c1N=C1CCCCCCC12C. The summed E-state index contributed by atoms with van der Waals surface area (Å²) in [5.41, 5.74) is 26.8. The third-order valence-electron chi connectivity index (χ3n) is 21.1. The lowest BCUT2D eigenvalue weighted by Crippen LogP contribution is -2.85. The molecule has 5 atom stereocenters. The predicted octanol–water partition coefficient (Wildman–Crippen LogP) is 15.5. The largest absolute Gasteiger partial charge is 0.871 e. The van der Waals surface area contributed by atoms with Gasteiger partial charge < -0.3 is 15.7 Å². The summed E-state index contributed by atoms with van der Waals surface area (Å²) in [5.74, 6) is -0.0165. The van der Waals surface area contributed by atoms with Crippen molar-refractivity contribution in [2.75, 3.05) is 5.32 Å². The van der Waals surface area contributed by atoms with Crippen LogP contribution in [-0.4, -0.2) is 23.2 Å². The van der Waals surface area contributed by atoms with Gasteiger partial charge in [-0.05, 0) is 234 Å². The van der Waals surface area contributed by atoms with Crippen LogP contribution in [0, 0.1) is 27.7 Å². The summed E-state index contributed by atoms with van der Waals surface area (Å²) in [6.45, 7) is 18.8. The minimum atomic E-state index is -0.343. The highest BCUT2D eigenvalue weighted by molar-refractivity contribution is 6.22. The Labute approximate surface area is 441 Å². The minimum absolute atomic E-state index is 0.000220. The Morgan fingerprint density at radius 3 is 1.58 bits per heavy atom. The second-order valence-electron chi connectivity index (χ2n) is 25.9. The maximum Gasteiger partial charge on any atom is 0.192 e. The van der Waals surface area contributed by atoms with Crippen molar-refractivity contribution in [2.45, 2.75) is 224 Å². The summed E-state index contributed by atoms with van der Waals surface area (Å²) in [6.07, 6.45) is 24.7. The number of carbonyl (C=O) groups is 1. The van der Waals surface area contributed by atoms with Gasteiger partial charge in [0, 0.05) is 61.3 Å². The minimum Gasteiger partial charge on any atom is -0.871 e. The second-order valence-corrected chi connectivity index (χ2v) is 25.9. The molecule has 4 aromatic carbocycles. The number of aryl methyl sites for hydroxylation is 4. The van der Waals surface area contributed by atoms with Crippen LogP contribution in [-0.2, 0) is 26.5 Å². The van der Waals surface area contributed by atoms with Gasteiger partial charge in [0.05, 0.1) is 16.8 Å². The van der Waals surface area contributed by atoms with E-state index in [1.807, 2.05) is 0 Å². The summed E-state index contributed by atoms with van der Waals surface area (Å²) < 4.78 is 0. The van der Waals surface area contributed by atoms with Crippen molar-refractivity contribution in [2.24, 2.45) is 9.98 Å². The first-order valence-electron chi connectivity index (χ1n) is 29.4. The molecule has 3 N–H and O–H groups in total. The van der Waals surface area contributed by atoms with Crippen molar-refractivity contribution >= 4 is 40.0 Å². The fraction of sp³-hybridized carbons (Fsp3) is 0.515. The molecule has 0 spiro atoms. The Hall–Kier alpha value is -5.33. The van der Waals surface area contributed by atoms with Gasteiger partial charge in [-0.1, -0.05) is 83.8 Å². The number of allylic oxidation sites excluding steroid dienone is 4. The average molecular weight is 985 g/mol. The Morgan fingerprint density at radius 1 is 0.514 bits per heavy atom. The summed E-state index contributed by atoms with van der Waals surface area (Å²) >= 11 is 0. The highest BCUT2D eigenvalue weighted by Crippen LogP contribution is 2.57. The van der Waals surface area contributed by atoms with Crippen LogP contribution in [0.25, 0.3) is 22.3 Å². The quantitative estimate of drug-likeness (QED) is 0.158. The third kappa shape index (κ3) is 7.14. The molecule has 0 amide bonds. The van der Waals surface area contributed by atoms with E-state index in [4.69, 9.17) is 9.98 Å². The molecule has 6 heteroatoms. The zero-order chi connectivity index (χ0) is 51.1. The van der Waals surface area contributed by atoms with Crippen LogP contribution in [0.15, 0.2) is 92.3 Å². The van der Waals surface area contributed by atoms with Gasteiger partial charge in [0.1, 0.15) is 11.7 Å². The lowest BCUT2D eigenvalue weighted by molar-refractivity contribution is -0.600. The van der Waals surface area contributed by atoms with Gasteiger partial charge in [-0.25, -0.2) is 0 Å². The van der Waals surface area contributed by atoms with Crippen LogP contribution in [0.2, 0.25) is 0 Å². The van der Waals surface area contributed by atoms with Crippen LogP contribution in [0.4, 0.5) is 22.7 Å². The van der Waals surface area contributed by atoms with Crippen molar-refractivity contribution in [3.63, 3.8) is 0 Å². The standard InChI is InChI=1S/C68H80N4O2/c1-39-31-43(35-49-57(39)69-53-25-17-9-11-19-27-65(49,53)5)45-33-41(3)59-51(37-45)67(7)29-21-13-15-23-47(63(67)71-59)55-61(73)56(62(55)74)48-24-16-14-22-30-68(8)52-38-46(34-42(4)60(52)72-64(48)68)44-32-40(2)58-50(36-44)66(6)28-20-12-10-18-26-54(66)70-58/h31-38,63,71-73H,9-30H2,1-8H3/b55-47+,64-48-. The van der Waals surface area contributed by atoms with Crippen molar-refractivity contribution in [1.29, 1.82) is 0 Å². The normalized spacial score (nSPS) is 31.4. The lowest BCUT2D eigenvalue weighted by atomic mass is 9.65. The maximum absolute atomic E-state index is 15.3. The van der Waals surface area contributed by atoms with E-state index in [2.05, 4.69) is 115 Å². The molecule has 5 unspecified atom stereocenters. The highest BCUT2D eigenvalue weighted by atomic mass is 16.3. The smallest absolute Gasteiger partial charge is 0.192 e. The van der Waals surface area contributed by atoms with E-state index in [0.717, 1.165) is 106 Å². The molecule has 0 bridgehead atoms. The number of nitrogens with zero attached hydrogens (tertiary/aromatic N) is 2. The number of ketones is 1. The molecule has 0 saturated heterocycles. The van der Waals surface area contributed by atoms with Gasteiger partial charge >= 0.3 is 0 Å². The fourth-order valence-electron chi connectivity index (χ4n) is 16.6. The summed E-state index contributed by atoms with van der Waals surface area (Å²) in [6, 6.07) is 19.4. The van der Waals surface area contributed by atoms with E-state index in [-0.39, 0.29) is 39.2 Å². The van der Waals surface area contributed by atoms with Crippen molar-refractivity contribution in [3.05, 3.63) is 127 Å². The molecule has 9 aliphatic rings. The highest BCUT2D eigenvalue weighted by Gasteiger charge is 2.53. The van der Waals surface area contributed by atoms with Crippen LogP contribution in [0.1, 0.15) is 213 Å². The maximum atomic E-state index is 15.3. The van der Waals surface area contributed by atoms with Crippen LogP contribution < -0.4 is 15.7 Å². The monoisotopic (exact) mass is 985 g/mol. The second kappa shape index (κ2) is 17.6. The molecule has 4 heterocycles. The van der Waals surface area contributed by atoms with Crippen LogP contribution in [0.5, 0.6) is 0 Å². The molecular formula is C68H80N4O2.